The number of carboxylic acid groups (broad SMARTS) is 1. The van der Waals surface area contributed by atoms with Crippen LogP contribution >= 0.6 is 0 Å². The monoisotopic (exact) mass is 614 g/mol. The van der Waals surface area contributed by atoms with E-state index in [9.17, 15) is 9.59 Å². The van der Waals surface area contributed by atoms with Crippen LogP contribution in [-0.2, 0) is 17.3 Å². The Kier molecular flexibility index (Phi) is 14.6. The van der Waals surface area contributed by atoms with Crippen LogP contribution in [0.15, 0.2) is 109 Å². The van der Waals surface area contributed by atoms with Gasteiger partial charge in [-0.25, -0.2) is 9.59 Å². The van der Waals surface area contributed by atoms with E-state index in [0.29, 0.717) is 22.6 Å². The van der Waals surface area contributed by atoms with Crippen LogP contribution in [0.4, 0.5) is 0 Å². The third-order valence-electron chi connectivity index (χ3n) is 7.30. The predicted octanol–water partition coefficient (Wildman–Crippen LogP) is 9.20. The van der Waals surface area contributed by atoms with Crippen molar-refractivity contribution in [2.45, 2.75) is 65.1 Å². The van der Waals surface area contributed by atoms with Gasteiger partial charge in [0.25, 0.3) is 0 Å². The first kappa shape index (κ1) is 36.0. The highest BCUT2D eigenvalue weighted by Crippen LogP contribution is 2.36. The number of aromatic carboxylic acids is 1. The highest BCUT2D eigenvalue weighted by Gasteiger charge is 2.36. The average Bonchev–Trinajstić information content (AvgIpc) is 3.00. The van der Waals surface area contributed by atoms with Gasteiger partial charge in [-0.3, -0.25) is 0 Å². The summed E-state index contributed by atoms with van der Waals surface area (Å²) in [5.41, 5.74) is 3.35. The first-order valence-electron chi connectivity index (χ1n) is 14.9. The third-order valence-corrected chi connectivity index (χ3v) is 11.8. The Labute approximate surface area is 263 Å². The molecule has 0 aliphatic heterocycles. The smallest absolute Gasteiger partial charge is 0.343 e. The molecule has 0 aliphatic carbocycles. The van der Waals surface area contributed by atoms with Crippen LogP contribution in [0.3, 0.4) is 0 Å². The molecule has 4 aromatic rings. The predicted molar refractivity (Wildman–Crippen MR) is 180 cm³/mol. The Morgan fingerprint density at radius 3 is 1.64 bits per heavy atom. The van der Waals surface area contributed by atoms with Crippen molar-refractivity contribution in [2.75, 3.05) is 6.61 Å². The highest BCUT2D eigenvalue weighted by molar-refractivity contribution is 6.74. The van der Waals surface area contributed by atoms with Gasteiger partial charge in [-0.15, -0.1) is 0 Å². The van der Waals surface area contributed by atoms with Crippen molar-refractivity contribution in [1.29, 1.82) is 0 Å². The quantitative estimate of drug-likeness (QED) is 0.111. The number of esters is 1. The highest BCUT2D eigenvalue weighted by atomic mass is 28.4. The van der Waals surface area contributed by atoms with Gasteiger partial charge in [0, 0.05) is 6.61 Å². The number of ether oxygens (including phenoxy) is 1. The summed E-state index contributed by atoms with van der Waals surface area (Å²) in [5.74, 6) is -0.312. The van der Waals surface area contributed by atoms with Crippen LogP contribution in [0.1, 0.15) is 66.0 Å². The lowest BCUT2D eigenvalue weighted by Crippen LogP contribution is -2.41. The fourth-order valence-electron chi connectivity index (χ4n) is 3.64. The Balaban J connectivity index is 0.000000288. The molecule has 2 N–H and O–H groups in total. The van der Waals surface area contributed by atoms with Crippen molar-refractivity contribution in [3.05, 3.63) is 131 Å². The molecular weight excluding hydrogens is 568 g/mol. The molecular formula is C37H46O6Si. The Bertz CT molecular complexity index is 1390. The minimum atomic E-state index is -1.70. The van der Waals surface area contributed by atoms with E-state index in [1.54, 1.807) is 54.6 Å². The number of hydrogen-bond donors (Lipinski definition) is 2. The first-order valence-corrected chi connectivity index (χ1v) is 17.8. The maximum Gasteiger partial charge on any atom is 0.343 e. The third kappa shape index (κ3) is 13.0. The molecule has 0 atom stereocenters. The van der Waals surface area contributed by atoms with E-state index >= 15 is 0 Å². The SMILES string of the molecule is CC(C)(C)[Si](C)(C)OCCc1ccc(OC(=O)c2ccccc2)cc1.CCCc1ccc(O)cc1.O=C(O)c1ccccc1. The summed E-state index contributed by atoms with van der Waals surface area (Å²) in [4.78, 5) is 22.2. The standard InChI is InChI=1S/C21H28O3Si.C9H12O.C7H6O2/c1-21(2,3)25(4,5)23-16-15-17-11-13-19(14-12-17)24-20(22)18-9-7-6-8-10-18;1-2-3-8-4-6-9(10)7-5-8;8-7(9)6-4-2-1-3-5-6/h6-14H,15-16H2,1-5H3;4-7,10H,2-3H2,1H3;1-5H,(H,8,9). The summed E-state index contributed by atoms with van der Waals surface area (Å²) in [7, 11) is -1.70. The summed E-state index contributed by atoms with van der Waals surface area (Å²) in [6.45, 7) is 14.1. The summed E-state index contributed by atoms with van der Waals surface area (Å²) in [6, 6.07) is 32.3. The number of rotatable bonds is 9. The molecule has 0 aliphatic rings. The van der Waals surface area contributed by atoms with Gasteiger partial charge in [-0.1, -0.05) is 94.8 Å². The minimum Gasteiger partial charge on any atom is -0.508 e. The van der Waals surface area contributed by atoms with Crippen molar-refractivity contribution in [1.82, 2.24) is 0 Å². The zero-order chi connectivity index (χ0) is 32.6. The molecule has 0 aromatic heterocycles. The molecule has 0 fully saturated rings. The average molecular weight is 615 g/mol. The molecule has 7 heteroatoms. The van der Waals surface area contributed by atoms with Crippen LogP contribution in [0.2, 0.25) is 18.1 Å². The number of aryl methyl sites for hydroxylation is 1. The van der Waals surface area contributed by atoms with Crippen LogP contribution in [-0.4, -0.2) is 37.1 Å². The second-order valence-corrected chi connectivity index (χ2v) is 16.7. The van der Waals surface area contributed by atoms with Gasteiger partial charge in [0.1, 0.15) is 11.5 Å². The van der Waals surface area contributed by atoms with Crippen LogP contribution < -0.4 is 4.74 Å². The van der Waals surface area contributed by atoms with Gasteiger partial charge in [0.15, 0.2) is 8.32 Å². The zero-order valence-electron chi connectivity index (χ0n) is 26.7. The van der Waals surface area contributed by atoms with E-state index in [-0.39, 0.29) is 11.0 Å². The van der Waals surface area contributed by atoms with Crippen molar-refractivity contribution in [3.8, 4) is 11.5 Å². The number of phenols is 1. The van der Waals surface area contributed by atoms with Gasteiger partial charge in [0.2, 0.25) is 0 Å². The van der Waals surface area contributed by atoms with Crippen molar-refractivity contribution < 1.29 is 29.0 Å². The summed E-state index contributed by atoms with van der Waals surface area (Å²) in [6.07, 6.45) is 3.12. The van der Waals surface area contributed by atoms with Gasteiger partial charge in [-0.05, 0) is 90.6 Å². The fraction of sp³-hybridized carbons (Fsp3) is 0.297. The van der Waals surface area contributed by atoms with Crippen molar-refractivity contribution in [3.63, 3.8) is 0 Å². The van der Waals surface area contributed by atoms with E-state index in [1.807, 2.05) is 54.6 Å². The number of hydrogen-bond acceptors (Lipinski definition) is 5. The number of carboxylic acids is 1. The van der Waals surface area contributed by atoms with E-state index in [0.717, 1.165) is 25.9 Å². The maximum absolute atomic E-state index is 12.0. The van der Waals surface area contributed by atoms with Gasteiger partial charge >= 0.3 is 11.9 Å². The molecule has 0 unspecified atom stereocenters. The Morgan fingerprint density at radius 2 is 1.18 bits per heavy atom. The molecule has 234 valence electrons. The molecule has 4 rings (SSSR count). The lowest BCUT2D eigenvalue weighted by Gasteiger charge is -2.36. The van der Waals surface area contributed by atoms with Gasteiger partial charge < -0.3 is 19.4 Å². The molecule has 0 saturated heterocycles. The summed E-state index contributed by atoms with van der Waals surface area (Å²) < 4.78 is 11.6. The maximum atomic E-state index is 12.0. The molecule has 0 bridgehead atoms. The van der Waals surface area contributed by atoms with Crippen molar-refractivity contribution in [2.24, 2.45) is 0 Å². The van der Waals surface area contributed by atoms with Gasteiger partial charge in [0.05, 0.1) is 11.1 Å². The molecule has 0 saturated carbocycles. The number of carbonyl (C=O) groups excluding carboxylic acids is 1. The second kappa shape index (κ2) is 17.8. The molecule has 44 heavy (non-hydrogen) atoms. The Morgan fingerprint density at radius 1 is 0.705 bits per heavy atom. The lowest BCUT2D eigenvalue weighted by molar-refractivity contribution is 0.0694. The molecule has 0 amide bonds. The van der Waals surface area contributed by atoms with E-state index in [4.69, 9.17) is 19.4 Å². The molecule has 4 aromatic carbocycles. The number of phenolic OH excluding ortho intramolecular Hbond substituents is 1. The molecule has 0 heterocycles. The summed E-state index contributed by atoms with van der Waals surface area (Å²) in [5, 5.41) is 17.5. The molecule has 0 radical (unpaired) electrons. The number of aromatic hydroxyl groups is 1. The minimum absolute atomic E-state index is 0.225. The second-order valence-electron chi connectivity index (χ2n) is 11.8. The van der Waals surface area contributed by atoms with E-state index < -0.39 is 14.3 Å². The van der Waals surface area contributed by atoms with Crippen LogP contribution in [0.25, 0.3) is 0 Å². The van der Waals surface area contributed by atoms with E-state index in [2.05, 4.69) is 40.8 Å². The fourth-order valence-corrected chi connectivity index (χ4v) is 4.68. The lowest BCUT2D eigenvalue weighted by atomic mass is 10.1. The zero-order valence-corrected chi connectivity index (χ0v) is 27.7. The normalized spacial score (nSPS) is 10.9. The number of benzene rings is 4. The Hall–Kier alpha value is -4.20. The van der Waals surface area contributed by atoms with Gasteiger partial charge in [-0.2, -0.15) is 0 Å². The van der Waals surface area contributed by atoms with Crippen LogP contribution in [0.5, 0.6) is 11.5 Å². The van der Waals surface area contributed by atoms with Crippen LogP contribution in [0, 0.1) is 0 Å². The number of carbonyl (C=O) groups is 2. The van der Waals surface area contributed by atoms with E-state index in [1.165, 1.54) is 11.1 Å². The summed E-state index contributed by atoms with van der Waals surface area (Å²) >= 11 is 0. The topological polar surface area (TPSA) is 93.1 Å². The molecule has 0 spiro atoms. The largest absolute Gasteiger partial charge is 0.508 e. The van der Waals surface area contributed by atoms with Crippen molar-refractivity contribution >= 4 is 20.3 Å². The molecule has 6 nitrogen and oxygen atoms in total. The first-order chi connectivity index (χ1) is 20.8.